The molecule has 1 aliphatic heterocycles. The van der Waals surface area contributed by atoms with Crippen molar-refractivity contribution in [2.45, 2.75) is 65.1 Å². The van der Waals surface area contributed by atoms with E-state index >= 15 is 0 Å². The van der Waals surface area contributed by atoms with Crippen LogP contribution in [0.15, 0.2) is 18.2 Å². The molecule has 1 N–H and O–H groups in total. The van der Waals surface area contributed by atoms with Crippen molar-refractivity contribution < 1.29 is 13.9 Å². The smallest absolute Gasteiger partial charge is 0.128 e. The third kappa shape index (κ3) is 5.06. The maximum absolute atomic E-state index is 13.9. The Morgan fingerprint density at radius 2 is 2.00 bits per heavy atom. The standard InChI is InChI=1S/C17H26FNO2/c1-4-19-10-14-5-6-17(18)15(9-14)11-20-16-7-12(2)21-13(3)8-16/h5-6,9,12-13,16,19H,4,7-8,10-11H2,1-3H3. The molecule has 2 atom stereocenters. The topological polar surface area (TPSA) is 30.5 Å². The largest absolute Gasteiger partial charge is 0.375 e. The fourth-order valence-electron chi connectivity index (χ4n) is 2.81. The molecule has 21 heavy (non-hydrogen) atoms. The van der Waals surface area contributed by atoms with E-state index in [1.54, 1.807) is 0 Å². The van der Waals surface area contributed by atoms with Crippen LogP contribution in [0, 0.1) is 5.82 Å². The number of hydrogen-bond acceptors (Lipinski definition) is 3. The van der Waals surface area contributed by atoms with Crippen molar-refractivity contribution >= 4 is 0 Å². The minimum absolute atomic E-state index is 0.153. The molecule has 0 spiro atoms. The first-order valence-electron chi connectivity index (χ1n) is 7.83. The molecule has 0 bridgehead atoms. The first kappa shape index (κ1) is 16.4. The lowest BCUT2D eigenvalue weighted by Crippen LogP contribution is -2.34. The number of nitrogens with one attached hydrogen (secondary N) is 1. The molecule has 0 radical (unpaired) electrons. The highest BCUT2D eigenvalue weighted by atomic mass is 19.1. The number of rotatable bonds is 6. The summed E-state index contributed by atoms with van der Waals surface area (Å²) in [6.45, 7) is 8.17. The summed E-state index contributed by atoms with van der Waals surface area (Å²) in [5.74, 6) is -0.191. The Bertz CT molecular complexity index is 442. The average Bonchev–Trinajstić information content (AvgIpc) is 2.44. The van der Waals surface area contributed by atoms with Crippen molar-refractivity contribution in [1.82, 2.24) is 5.32 Å². The van der Waals surface area contributed by atoms with Gasteiger partial charge in [-0.2, -0.15) is 0 Å². The van der Waals surface area contributed by atoms with Gasteiger partial charge in [-0.3, -0.25) is 0 Å². The van der Waals surface area contributed by atoms with Gasteiger partial charge in [-0.05, 0) is 50.9 Å². The Morgan fingerprint density at radius 3 is 2.67 bits per heavy atom. The Morgan fingerprint density at radius 1 is 1.29 bits per heavy atom. The second kappa shape index (κ2) is 7.87. The van der Waals surface area contributed by atoms with Crippen LogP contribution in [0.25, 0.3) is 0 Å². The van der Waals surface area contributed by atoms with Crippen LogP contribution in [-0.4, -0.2) is 24.9 Å². The lowest BCUT2D eigenvalue weighted by Gasteiger charge is -2.32. The molecule has 0 saturated carbocycles. The predicted octanol–water partition coefficient (Wildman–Crippen LogP) is 3.41. The van der Waals surface area contributed by atoms with E-state index in [0.717, 1.165) is 31.5 Å². The monoisotopic (exact) mass is 295 g/mol. The molecular formula is C17H26FNO2. The van der Waals surface area contributed by atoms with Crippen LogP contribution in [0.5, 0.6) is 0 Å². The van der Waals surface area contributed by atoms with Crippen LogP contribution in [0.1, 0.15) is 44.7 Å². The van der Waals surface area contributed by atoms with E-state index in [-0.39, 0.29) is 24.1 Å². The highest BCUT2D eigenvalue weighted by molar-refractivity contribution is 5.24. The van der Waals surface area contributed by atoms with E-state index in [1.165, 1.54) is 6.07 Å². The zero-order valence-corrected chi connectivity index (χ0v) is 13.2. The number of halogens is 1. The van der Waals surface area contributed by atoms with Crippen molar-refractivity contribution in [2.24, 2.45) is 0 Å². The second-order valence-electron chi connectivity index (χ2n) is 5.87. The molecule has 0 aliphatic carbocycles. The van der Waals surface area contributed by atoms with Crippen LogP contribution in [0.4, 0.5) is 4.39 Å². The molecule has 0 aromatic heterocycles. The highest BCUT2D eigenvalue weighted by Gasteiger charge is 2.25. The normalized spacial score (nSPS) is 26.0. The quantitative estimate of drug-likeness (QED) is 0.872. The van der Waals surface area contributed by atoms with E-state index in [1.807, 2.05) is 12.1 Å². The zero-order chi connectivity index (χ0) is 15.2. The Balaban J connectivity index is 1.92. The summed E-state index contributed by atoms with van der Waals surface area (Å²) in [5, 5.41) is 3.25. The molecule has 118 valence electrons. The van der Waals surface area contributed by atoms with Crippen LogP contribution in [0.3, 0.4) is 0 Å². The molecular weight excluding hydrogens is 269 g/mol. The maximum Gasteiger partial charge on any atom is 0.128 e. The van der Waals surface area contributed by atoms with Crippen molar-refractivity contribution in [3.63, 3.8) is 0 Å². The van der Waals surface area contributed by atoms with Crippen LogP contribution in [0.2, 0.25) is 0 Å². The van der Waals surface area contributed by atoms with Gasteiger partial charge in [-0.1, -0.05) is 13.0 Å². The van der Waals surface area contributed by atoms with Gasteiger partial charge in [0.15, 0.2) is 0 Å². The summed E-state index contributed by atoms with van der Waals surface area (Å²) in [5.41, 5.74) is 1.72. The Kier molecular flexibility index (Phi) is 6.15. The molecule has 4 heteroatoms. The van der Waals surface area contributed by atoms with Gasteiger partial charge in [-0.25, -0.2) is 4.39 Å². The van der Waals surface area contributed by atoms with Crippen molar-refractivity contribution in [1.29, 1.82) is 0 Å². The van der Waals surface area contributed by atoms with E-state index < -0.39 is 0 Å². The minimum atomic E-state index is -0.191. The number of hydrogen-bond donors (Lipinski definition) is 1. The molecule has 1 aromatic carbocycles. The van der Waals surface area contributed by atoms with Crippen molar-refractivity contribution in [3.8, 4) is 0 Å². The van der Waals surface area contributed by atoms with Crippen molar-refractivity contribution in [3.05, 3.63) is 35.1 Å². The fraction of sp³-hybridized carbons (Fsp3) is 0.647. The van der Waals surface area contributed by atoms with Gasteiger partial charge in [-0.15, -0.1) is 0 Å². The van der Waals surface area contributed by atoms with Gasteiger partial charge < -0.3 is 14.8 Å². The summed E-state index contributed by atoms with van der Waals surface area (Å²) in [6.07, 6.45) is 2.33. The molecule has 3 nitrogen and oxygen atoms in total. The lowest BCUT2D eigenvalue weighted by atomic mass is 10.0. The average molecular weight is 295 g/mol. The molecule has 1 fully saturated rings. The lowest BCUT2D eigenvalue weighted by molar-refractivity contribution is -0.106. The summed E-state index contributed by atoms with van der Waals surface area (Å²) in [4.78, 5) is 0. The third-order valence-electron chi connectivity index (χ3n) is 3.82. The van der Waals surface area contributed by atoms with E-state index in [4.69, 9.17) is 9.47 Å². The van der Waals surface area contributed by atoms with Gasteiger partial charge in [0.05, 0.1) is 24.9 Å². The summed E-state index contributed by atoms with van der Waals surface area (Å²) in [6, 6.07) is 5.24. The first-order valence-corrected chi connectivity index (χ1v) is 7.83. The maximum atomic E-state index is 13.9. The third-order valence-corrected chi connectivity index (χ3v) is 3.82. The van der Waals surface area contributed by atoms with Gasteiger partial charge in [0, 0.05) is 12.1 Å². The molecule has 1 aromatic rings. The number of benzene rings is 1. The van der Waals surface area contributed by atoms with E-state index in [9.17, 15) is 4.39 Å². The molecule has 0 amide bonds. The van der Waals surface area contributed by atoms with E-state index in [0.29, 0.717) is 12.2 Å². The summed E-state index contributed by atoms with van der Waals surface area (Å²) >= 11 is 0. The fourth-order valence-corrected chi connectivity index (χ4v) is 2.81. The highest BCUT2D eigenvalue weighted by Crippen LogP contribution is 2.23. The van der Waals surface area contributed by atoms with Crippen LogP contribution in [-0.2, 0) is 22.6 Å². The zero-order valence-electron chi connectivity index (χ0n) is 13.2. The van der Waals surface area contributed by atoms with Gasteiger partial charge >= 0.3 is 0 Å². The van der Waals surface area contributed by atoms with Gasteiger partial charge in [0.1, 0.15) is 5.82 Å². The number of ether oxygens (including phenoxy) is 2. The molecule has 1 heterocycles. The van der Waals surface area contributed by atoms with Gasteiger partial charge in [0.2, 0.25) is 0 Å². The van der Waals surface area contributed by atoms with Crippen LogP contribution >= 0.6 is 0 Å². The Labute approximate surface area is 126 Å². The molecule has 1 saturated heterocycles. The summed E-state index contributed by atoms with van der Waals surface area (Å²) in [7, 11) is 0. The Hall–Kier alpha value is -0.970. The molecule has 1 aliphatic rings. The van der Waals surface area contributed by atoms with Crippen molar-refractivity contribution in [2.75, 3.05) is 6.54 Å². The summed E-state index contributed by atoms with van der Waals surface area (Å²) < 4.78 is 25.5. The van der Waals surface area contributed by atoms with Crippen LogP contribution < -0.4 is 5.32 Å². The predicted molar refractivity (Wildman–Crippen MR) is 81.6 cm³/mol. The van der Waals surface area contributed by atoms with Gasteiger partial charge in [0.25, 0.3) is 0 Å². The second-order valence-corrected chi connectivity index (χ2v) is 5.87. The minimum Gasteiger partial charge on any atom is -0.375 e. The molecule has 2 rings (SSSR count). The SMILES string of the molecule is CCNCc1ccc(F)c(COC2CC(C)OC(C)C2)c1. The molecule has 2 unspecified atom stereocenters. The first-order chi connectivity index (χ1) is 10.1. The van der Waals surface area contributed by atoms with E-state index in [2.05, 4.69) is 26.1 Å².